The number of ketones is 1. The summed E-state index contributed by atoms with van der Waals surface area (Å²) in [5.41, 5.74) is 5.08. The quantitative estimate of drug-likeness (QED) is 0.795. The van der Waals surface area contributed by atoms with Gasteiger partial charge < -0.3 is 10.5 Å². The molecule has 13 heavy (non-hydrogen) atoms. The van der Waals surface area contributed by atoms with Gasteiger partial charge in [-0.05, 0) is 13.8 Å². The monoisotopic (exact) mass is 200 g/mol. The molecule has 0 aromatic carbocycles. The van der Waals surface area contributed by atoms with Crippen LogP contribution in [0.5, 0.6) is 0 Å². The summed E-state index contributed by atoms with van der Waals surface area (Å²) in [7, 11) is 1.48. The summed E-state index contributed by atoms with van der Waals surface area (Å²) in [5.74, 6) is -0.0831. The predicted molar refractivity (Wildman–Crippen MR) is 51.6 cm³/mol. The maximum atomic E-state index is 11.3. The van der Waals surface area contributed by atoms with Crippen molar-refractivity contribution in [1.29, 1.82) is 0 Å². The number of carbonyl (C=O) groups excluding carboxylic acids is 1. The Bertz CT molecular complexity index is 324. The largest absolute Gasteiger partial charge is 0.375 e. The van der Waals surface area contributed by atoms with Gasteiger partial charge in [-0.25, -0.2) is 4.98 Å². The van der Waals surface area contributed by atoms with Gasteiger partial charge in [-0.3, -0.25) is 4.79 Å². The van der Waals surface area contributed by atoms with Crippen molar-refractivity contribution in [2.75, 3.05) is 12.8 Å². The van der Waals surface area contributed by atoms with Crippen LogP contribution in [0.4, 0.5) is 5.13 Å². The number of methoxy groups -OCH3 is 1. The molecule has 1 heterocycles. The number of nitrogen functional groups attached to an aromatic ring is 1. The van der Waals surface area contributed by atoms with Gasteiger partial charge >= 0.3 is 0 Å². The van der Waals surface area contributed by atoms with E-state index in [0.29, 0.717) is 10.8 Å². The summed E-state index contributed by atoms with van der Waals surface area (Å²) in [6.45, 7) is 3.16. The SMILES string of the molecule is COC(C)(C(C)=O)c1csc(N)n1. The molecule has 1 atom stereocenters. The summed E-state index contributed by atoms with van der Waals surface area (Å²) in [6, 6.07) is 0. The molecule has 0 radical (unpaired) electrons. The molecule has 0 spiro atoms. The first-order valence-electron chi connectivity index (χ1n) is 3.78. The van der Waals surface area contributed by atoms with Gasteiger partial charge in [-0.15, -0.1) is 11.3 Å². The Morgan fingerprint density at radius 3 is 2.69 bits per heavy atom. The minimum Gasteiger partial charge on any atom is -0.375 e. The lowest BCUT2D eigenvalue weighted by Gasteiger charge is -2.22. The van der Waals surface area contributed by atoms with Crippen LogP contribution in [0, 0.1) is 0 Å². The van der Waals surface area contributed by atoms with E-state index in [1.54, 1.807) is 12.3 Å². The summed E-state index contributed by atoms with van der Waals surface area (Å²) < 4.78 is 5.14. The molecule has 1 rings (SSSR count). The van der Waals surface area contributed by atoms with Crippen molar-refractivity contribution >= 4 is 22.3 Å². The Hall–Kier alpha value is -0.940. The smallest absolute Gasteiger partial charge is 0.180 e. The number of hydrogen-bond acceptors (Lipinski definition) is 5. The fourth-order valence-electron chi connectivity index (χ4n) is 0.935. The number of nitrogens with zero attached hydrogens (tertiary/aromatic N) is 1. The minimum absolute atomic E-state index is 0.0831. The lowest BCUT2D eigenvalue weighted by molar-refractivity contribution is -0.138. The van der Waals surface area contributed by atoms with Gasteiger partial charge in [-0.2, -0.15) is 0 Å². The van der Waals surface area contributed by atoms with E-state index < -0.39 is 5.60 Å². The molecule has 5 heteroatoms. The van der Waals surface area contributed by atoms with Crippen molar-refractivity contribution in [3.05, 3.63) is 11.1 Å². The zero-order chi connectivity index (χ0) is 10.1. The second-order valence-corrected chi connectivity index (χ2v) is 3.75. The number of ether oxygens (including phenoxy) is 1. The summed E-state index contributed by atoms with van der Waals surface area (Å²) in [6.07, 6.45) is 0. The zero-order valence-corrected chi connectivity index (χ0v) is 8.64. The van der Waals surface area contributed by atoms with Crippen LogP contribution in [0.2, 0.25) is 0 Å². The van der Waals surface area contributed by atoms with Crippen LogP contribution < -0.4 is 5.73 Å². The Labute approximate surface area is 80.7 Å². The number of nitrogens with two attached hydrogens (primary N) is 1. The number of thiazole rings is 1. The maximum absolute atomic E-state index is 11.3. The van der Waals surface area contributed by atoms with E-state index in [1.807, 2.05) is 0 Å². The van der Waals surface area contributed by atoms with Crippen LogP contribution in [0.1, 0.15) is 19.5 Å². The Balaban J connectivity index is 3.09. The molecule has 1 aromatic heterocycles. The third-order valence-electron chi connectivity index (χ3n) is 2.09. The topological polar surface area (TPSA) is 65.2 Å². The maximum Gasteiger partial charge on any atom is 0.180 e. The van der Waals surface area contributed by atoms with Crippen molar-refractivity contribution in [1.82, 2.24) is 4.98 Å². The molecule has 72 valence electrons. The summed E-state index contributed by atoms with van der Waals surface area (Å²) in [5, 5.41) is 2.18. The molecular formula is C8H12N2O2S. The highest BCUT2D eigenvalue weighted by molar-refractivity contribution is 7.13. The first-order valence-corrected chi connectivity index (χ1v) is 4.66. The molecule has 0 aliphatic rings. The molecule has 0 aliphatic carbocycles. The number of carbonyl (C=O) groups is 1. The van der Waals surface area contributed by atoms with Crippen LogP contribution >= 0.6 is 11.3 Å². The van der Waals surface area contributed by atoms with E-state index in [1.165, 1.54) is 25.4 Å². The average molecular weight is 200 g/mol. The number of hydrogen-bond donors (Lipinski definition) is 1. The highest BCUT2D eigenvalue weighted by atomic mass is 32.1. The van der Waals surface area contributed by atoms with E-state index >= 15 is 0 Å². The molecule has 4 nitrogen and oxygen atoms in total. The highest BCUT2D eigenvalue weighted by Crippen LogP contribution is 2.27. The molecule has 0 aliphatic heterocycles. The number of rotatable bonds is 3. The van der Waals surface area contributed by atoms with Gasteiger partial charge in [0.2, 0.25) is 0 Å². The number of anilines is 1. The summed E-state index contributed by atoms with van der Waals surface area (Å²) >= 11 is 1.30. The Morgan fingerprint density at radius 1 is 1.77 bits per heavy atom. The van der Waals surface area contributed by atoms with Crippen LogP contribution in [0.25, 0.3) is 0 Å². The third-order valence-corrected chi connectivity index (χ3v) is 2.76. The van der Waals surface area contributed by atoms with Crippen LogP contribution in [-0.4, -0.2) is 17.9 Å². The molecule has 0 fully saturated rings. The van der Waals surface area contributed by atoms with E-state index in [-0.39, 0.29) is 5.78 Å². The normalized spacial score (nSPS) is 15.3. The van der Waals surface area contributed by atoms with Crippen molar-refractivity contribution in [2.24, 2.45) is 0 Å². The minimum atomic E-state index is -0.964. The van der Waals surface area contributed by atoms with Gasteiger partial charge in [0.1, 0.15) is 0 Å². The van der Waals surface area contributed by atoms with Gasteiger partial charge in [0, 0.05) is 12.5 Å². The molecule has 0 amide bonds. The number of aromatic nitrogens is 1. The fraction of sp³-hybridized carbons (Fsp3) is 0.500. The molecule has 2 N–H and O–H groups in total. The van der Waals surface area contributed by atoms with E-state index in [0.717, 1.165) is 0 Å². The van der Waals surface area contributed by atoms with Crippen molar-refractivity contribution in [2.45, 2.75) is 19.4 Å². The predicted octanol–water partition coefficient (Wildman–Crippen LogP) is 1.18. The molecule has 0 saturated carbocycles. The average Bonchev–Trinajstić information content (AvgIpc) is 2.50. The summed E-state index contributed by atoms with van der Waals surface area (Å²) in [4.78, 5) is 15.3. The number of Topliss-reactive ketones (excluding diaryl/α,β-unsaturated/α-hetero) is 1. The third kappa shape index (κ3) is 1.71. The van der Waals surface area contributed by atoms with Crippen molar-refractivity contribution in [3.8, 4) is 0 Å². The van der Waals surface area contributed by atoms with E-state index in [4.69, 9.17) is 10.5 Å². The van der Waals surface area contributed by atoms with Gasteiger partial charge in [0.15, 0.2) is 16.5 Å². The van der Waals surface area contributed by atoms with Gasteiger partial charge in [0.25, 0.3) is 0 Å². The molecule has 1 unspecified atom stereocenters. The van der Waals surface area contributed by atoms with E-state index in [9.17, 15) is 4.79 Å². The van der Waals surface area contributed by atoms with Crippen LogP contribution in [0.3, 0.4) is 0 Å². The molecular weight excluding hydrogens is 188 g/mol. The van der Waals surface area contributed by atoms with Gasteiger partial charge in [0.05, 0.1) is 5.69 Å². The van der Waals surface area contributed by atoms with Crippen LogP contribution in [-0.2, 0) is 15.1 Å². The molecule has 0 bridgehead atoms. The molecule has 0 saturated heterocycles. The zero-order valence-electron chi connectivity index (χ0n) is 7.83. The second-order valence-electron chi connectivity index (χ2n) is 2.86. The first kappa shape index (κ1) is 10.1. The molecule has 1 aromatic rings. The lowest BCUT2D eigenvalue weighted by Crippen LogP contribution is -2.33. The fourth-order valence-corrected chi connectivity index (χ4v) is 1.60. The standard InChI is InChI=1S/C8H12N2O2S/c1-5(11)8(2,12-3)6-4-13-7(9)10-6/h4H,1-3H3,(H2,9,10). The van der Waals surface area contributed by atoms with Crippen LogP contribution in [0.15, 0.2) is 5.38 Å². The lowest BCUT2D eigenvalue weighted by atomic mass is 9.99. The Kier molecular flexibility index (Phi) is 2.68. The van der Waals surface area contributed by atoms with E-state index in [2.05, 4.69) is 4.98 Å². The van der Waals surface area contributed by atoms with Gasteiger partial charge in [-0.1, -0.05) is 0 Å². The van der Waals surface area contributed by atoms with Crippen molar-refractivity contribution in [3.63, 3.8) is 0 Å². The van der Waals surface area contributed by atoms with Crippen molar-refractivity contribution < 1.29 is 9.53 Å². The second kappa shape index (κ2) is 3.43. The Morgan fingerprint density at radius 2 is 2.38 bits per heavy atom. The first-order chi connectivity index (χ1) is 6.00. The highest BCUT2D eigenvalue weighted by Gasteiger charge is 2.34.